The fourth-order valence-electron chi connectivity index (χ4n) is 1.88. The van der Waals surface area contributed by atoms with E-state index in [9.17, 15) is 9.18 Å². The van der Waals surface area contributed by atoms with E-state index in [0.717, 1.165) is 18.5 Å². The van der Waals surface area contributed by atoms with Crippen LogP contribution in [0.5, 0.6) is 0 Å². The number of rotatable bonds is 7. The Hall–Kier alpha value is -1.42. The Morgan fingerprint density at radius 3 is 2.68 bits per heavy atom. The van der Waals surface area contributed by atoms with Crippen LogP contribution in [0.3, 0.4) is 0 Å². The van der Waals surface area contributed by atoms with Gasteiger partial charge < -0.3 is 10.2 Å². The zero-order valence-corrected chi connectivity index (χ0v) is 11.9. The molecule has 0 radical (unpaired) electrons. The molecule has 0 spiro atoms. The zero-order chi connectivity index (χ0) is 14.3. The van der Waals surface area contributed by atoms with Crippen molar-refractivity contribution in [2.24, 2.45) is 0 Å². The second-order valence-electron chi connectivity index (χ2n) is 5.04. The van der Waals surface area contributed by atoms with Gasteiger partial charge in [0.1, 0.15) is 5.82 Å². The van der Waals surface area contributed by atoms with Gasteiger partial charge in [-0.2, -0.15) is 0 Å². The predicted octanol–water partition coefficient (Wildman–Crippen LogP) is 2.21. The van der Waals surface area contributed by atoms with Crippen molar-refractivity contribution in [2.45, 2.75) is 32.2 Å². The van der Waals surface area contributed by atoms with Gasteiger partial charge in [-0.3, -0.25) is 4.79 Å². The molecule has 0 aliphatic rings. The Bertz CT molecular complexity index is 407. The lowest BCUT2D eigenvalue weighted by Crippen LogP contribution is -2.30. The summed E-state index contributed by atoms with van der Waals surface area (Å²) in [6.45, 7) is 2.80. The molecule has 0 saturated heterocycles. The molecule has 0 heterocycles. The minimum atomic E-state index is -0.154. The Morgan fingerprint density at radius 1 is 1.37 bits per heavy atom. The minimum absolute atomic E-state index is 0.142. The number of nitrogens with one attached hydrogen (secondary N) is 1. The fourth-order valence-corrected chi connectivity index (χ4v) is 1.88. The van der Waals surface area contributed by atoms with E-state index in [1.54, 1.807) is 25.1 Å². The van der Waals surface area contributed by atoms with E-state index in [1.807, 2.05) is 19.1 Å². The average molecular weight is 266 g/mol. The summed E-state index contributed by atoms with van der Waals surface area (Å²) in [6, 6.07) is 7.04. The van der Waals surface area contributed by atoms with E-state index < -0.39 is 0 Å². The van der Waals surface area contributed by atoms with Crippen LogP contribution in [-0.4, -0.2) is 37.5 Å². The third kappa shape index (κ3) is 5.83. The van der Waals surface area contributed by atoms with Crippen molar-refractivity contribution in [2.75, 3.05) is 20.6 Å². The van der Waals surface area contributed by atoms with Gasteiger partial charge in [0.15, 0.2) is 0 Å². The quantitative estimate of drug-likeness (QED) is 0.767. The lowest BCUT2D eigenvalue weighted by atomic mass is 10.1. The summed E-state index contributed by atoms with van der Waals surface area (Å²) in [5.74, 6) is -0.0116. The molecule has 1 unspecified atom stereocenters. The summed E-state index contributed by atoms with van der Waals surface area (Å²) >= 11 is 0. The van der Waals surface area contributed by atoms with Gasteiger partial charge in [-0.1, -0.05) is 18.2 Å². The van der Waals surface area contributed by atoms with Crippen LogP contribution in [0, 0.1) is 5.82 Å². The van der Waals surface area contributed by atoms with E-state index in [1.165, 1.54) is 6.07 Å². The molecule has 1 N–H and O–H groups in total. The molecule has 1 aromatic rings. The molecule has 19 heavy (non-hydrogen) atoms. The summed E-state index contributed by atoms with van der Waals surface area (Å²) in [5, 5.41) is 3.32. The number of carbonyl (C=O) groups is 1. The van der Waals surface area contributed by atoms with Gasteiger partial charge in [0.05, 0.1) is 0 Å². The van der Waals surface area contributed by atoms with Crippen molar-refractivity contribution in [1.82, 2.24) is 10.2 Å². The van der Waals surface area contributed by atoms with E-state index >= 15 is 0 Å². The Kier molecular flexibility index (Phi) is 6.50. The molecule has 1 atom stereocenters. The first-order chi connectivity index (χ1) is 9.00. The smallest absolute Gasteiger partial charge is 0.222 e. The summed E-state index contributed by atoms with van der Waals surface area (Å²) in [7, 11) is 3.52. The molecule has 0 aromatic heterocycles. The average Bonchev–Trinajstić information content (AvgIpc) is 2.37. The monoisotopic (exact) mass is 266 g/mol. The molecule has 4 heteroatoms. The highest BCUT2D eigenvalue weighted by atomic mass is 19.1. The van der Waals surface area contributed by atoms with Gasteiger partial charge in [-0.15, -0.1) is 0 Å². The number of hydrogen-bond donors (Lipinski definition) is 1. The van der Waals surface area contributed by atoms with Crippen LogP contribution in [0.2, 0.25) is 0 Å². The number of amides is 1. The van der Waals surface area contributed by atoms with Crippen LogP contribution in [0.25, 0.3) is 0 Å². The summed E-state index contributed by atoms with van der Waals surface area (Å²) in [4.78, 5) is 13.0. The second kappa shape index (κ2) is 7.89. The molecule has 1 amide bonds. The van der Waals surface area contributed by atoms with Crippen LogP contribution < -0.4 is 5.32 Å². The highest BCUT2D eigenvalue weighted by Gasteiger charge is 2.07. The van der Waals surface area contributed by atoms with Crippen molar-refractivity contribution in [1.29, 1.82) is 0 Å². The number of carbonyl (C=O) groups excluding carboxylic acids is 1. The molecule has 0 bridgehead atoms. The molecular weight excluding hydrogens is 243 g/mol. The number of hydrogen-bond acceptors (Lipinski definition) is 2. The maximum atomic E-state index is 13.5. The minimum Gasteiger partial charge on any atom is -0.349 e. The molecule has 0 aliphatic carbocycles. The van der Waals surface area contributed by atoms with Gasteiger partial charge in [0.2, 0.25) is 5.91 Å². The molecular formula is C15H23FN2O. The fraction of sp³-hybridized carbons (Fsp3) is 0.533. The highest BCUT2D eigenvalue weighted by Crippen LogP contribution is 2.09. The maximum absolute atomic E-state index is 13.5. The van der Waals surface area contributed by atoms with Gasteiger partial charge in [0, 0.05) is 26.6 Å². The standard InChI is InChI=1S/C15H23FN2O/c1-12(11-13-7-4-5-8-14(13)16)17-10-6-9-15(19)18(2)3/h4-5,7-8,12,17H,6,9-11H2,1-3H3. The van der Waals surface area contributed by atoms with E-state index in [0.29, 0.717) is 12.8 Å². The third-order valence-corrected chi connectivity index (χ3v) is 3.04. The Labute approximate surface area is 114 Å². The van der Waals surface area contributed by atoms with Gasteiger partial charge in [0.25, 0.3) is 0 Å². The lowest BCUT2D eigenvalue weighted by Gasteiger charge is -2.15. The third-order valence-electron chi connectivity index (χ3n) is 3.04. The number of nitrogens with zero attached hydrogens (tertiary/aromatic N) is 1. The zero-order valence-electron chi connectivity index (χ0n) is 11.9. The van der Waals surface area contributed by atoms with E-state index in [4.69, 9.17) is 0 Å². The Morgan fingerprint density at radius 2 is 2.05 bits per heavy atom. The van der Waals surface area contributed by atoms with Crippen molar-refractivity contribution in [3.8, 4) is 0 Å². The summed E-state index contributed by atoms with van der Waals surface area (Å²) < 4.78 is 13.5. The molecule has 106 valence electrons. The van der Waals surface area contributed by atoms with E-state index in [2.05, 4.69) is 5.32 Å². The van der Waals surface area contributed by atoms with Gasteiger partial charge in [-0.05, 0) is 37.9 Å². The first-order valence-corrected chi connectivity index (χ1v) is 6.67. The first-order valence-electron chi connectivity index (χ1n) is 6.67. The first kappa shape index (κ1) is 15.6. The second-order valence-corrected chi connectivity index (χ2v) is 5.04. The lowest BCUT2D eigenvalue weighted by molar-refractivity contribution is -0.128. The van der Waals surface area contributed by atoms with Gasteiger partial charge >= 0.3 is 0 Å². The van der Waals surface area contributed by atoms with Crippen LogP contribution in [0.1, 0.15) is 25.3 Å². The Balaban J connectivity index is 2.23. The highest BCUT2D eigenvalue weighted by molar-refractivity contribution is 5.75. The van der Waals surface area contributed by atoms with E-state index in [-0.39, 0.29) is 17.8 Å². The number of halogens is 1. The number of benzene rings is 1. The van der Waals surface area contributed by atoms with Crippen molar-refractivity contribution in [3.05, 3.63) is 35.6 Å². The van der Waals surface area contributed by atoms with Crippen molar-refractivity contribution >= 4 is 5.91 Å². The summed E-state index contributed by atoms with van der Waals surface area (Å²) in [6.07, 6.45) is 2.01. The van der Waals surface area contributed by atoms with Gasteiger partial charge in [-0.25, -0.2) is 4.39 Å². The van der Waals surface area contributed by atoms with Crippen LogP contribution in [0.15, 0.2) is 24.3 Å². The molecule has 0 fully saturated rings. The topological polar surface area (TPSA) is 32.3 Å². The van der Waals surface area contributed by atoms with Crippen molar-refractivity contribution < 1.29 is 9.18 Å². The molecule has 1 rings (SSSR count). The van der Waals surface area contributed by atoms with Crippen LogP contribution in [-0.2, 0) is 11.2 Å². The SMILES string of the molecule is CC(Cc1ccccc1F)NCCCC(=O)N(C)C. The largest absolute Gasteiger partial charge is 0.349 e. The maximum Gasteiger partial charge on any atom is 0.222 e. The molecule has 0 aliphatic heterocycles. The molecule has 3 nitrogen and oxygen atoms in total. The van der Waals surface area contributed by atoms with Crippen LogP contribution in [0.4, 0.5) is 4.39 Å². The molecule has 0 saturated carbocycles. The predicted molar refractivity (Wildman–Crippen MR) is 75.5 cm³/mol. The normalized spacial score (nSPS) is 12.2. The summed E-state index contributed by atoms with van der Waals surface area (Å²) in [5.41, 5.74) is 0.729. The van der Waals surface area contributed by atoms with Crippen LogP contribution >= 0.6 is 0 Å². The molecule has 1 aromatic carbocycles. The van der Waals surface area contributed by atoms with Crippen molar-refractivity contribution in [3.63, 3.8) is 0 Å².